The summed E-state index contributed by atoms with van der Waals surface area (Å²) in [6.07, 6.45) is 0. The second-order valence-corrected chi connectivity index (χ2v) is 1.17. The van der Waals surface area contributed by atoms with Crippen LogP contribution < -0.4 is 11.3 Å². The van der Waals surface area contributed by atoms with Gasteiger partial charge in [-0.25, -0.2) is 9.59 Å². The summed E-state index contributed by atoms with van der Waals surface area (Å²) >= 11 is 0. The lowest BCUT2D eigenvalue weighted by Gasteiger charge is -1.77. The van der Waals surface area contributed by atoms with Gasteiger partial charge in [0.15, 0.2) is 0 Å². The van der Waals surface area contributed by atoms with E-state index in [1.807, 2.05) is 6.92 Å². The van der Waals surface area contributed by atoms with Crippen LogP contribution in [0, 0.1) is 0 Å². The van der Waals surface area contributed by atoms with Crippen LogP contribution in [-0.4, -0.2) is 28.7 Å². The van der Waals surface area contributed by atoms with Crippen molar-refractivity contribution in [3.05, 3.63) is 0 Å². The number of carboxylic acids is 2. The third-order valence-corrected chi connectivity index (χ3v) is 0.387. The van der Waals surface area contributed by atoms with Gasteiger partial charge in [0.1, 0.15) is 0 Å². The van der Waals surface area contributed by atoms with E-state index in [0.717, 1.165) is 6.54 Å². The molecule has 0 aromatic rings. The Balaban J connectivity index is 0. The Hall–Kier alpha value is -1.14. The number of carbonyl (C=O) groups is 2. The minimum Gasteiger partial charge on any atom is -0.473 e. The topological polar surface area (TPSA) is 113 Å². The van der Waals surface area contributed by atoms with Crippen molar-refractivity contribution < 1.29 is 19.8 Å². The van der Waals surface area contributed by atoms with Crippen LogP contribution >= 0.6 is 0 Å². The molecule has 0 aliphatic carbocycles. The molecule has 0 bridgehead atoms. The highest BCUT2D eigenvalue weighted by molar-refractivity contribution is 6.27. The molecule has 0 aromatic heterocycles. The van der Waals surface area contributed by atoms with E-state index in [1.165, 1.54) is 0 Å². The summed E-state index contributed by atoms with van der Waals surface area (Å²) < 4.78 is 0. The van der Waals surface area contributed by atoms with Crippen molar-refractivity contribution in [2.45, 2.75) is 6.92 Å². The SMILES string of the molecule is CCNN.O=C(O)C(=O)O. The third-order valence-electron chi connectivity index (χ3n) is 0.387. The van der Waals surface area contributed by atoms with E-state index >= 15 is 0 Å². The summed E-state index contributed by atoms with van der Waals surface area (Å²) in [5.74, 6) is 1.13. The van der Waals surface area contributed by atoms with E-state index in [1.54, 1.807) is 0 Å². The van der Waals surface area contributed by atoms with Gasteiger partial charge in [0.05, 0.1) is 0 Å². The smallest absolute Gasteiger partial charge is 0.414 e. The lowest BCUT2D eigenvalue weighted by atomic mass is 10.7. The number of aliphatic carboxylic acids is 2. The molecule has 0 unspecified atom stereocenters. The average molecular weight is 150 g/mol. The highest BCUT2D eigenvalue weighted by Crippen LogP contribution is 1.56. The largest absolute Gasteiger partial charge is 0.473 e. The molecule has 0 aromatic carbocycles. The zero-order valence-electron chi connectivity index (χ0n) is 5.50. The maximum absolute atomic E-state index is 9.10. The Morgan fingerprint density at radius 3 is 1.60 bits per heavy atom. The fraction of sp³-hybridized carbons (Fsp3) is 0.500. The van der Waals surface area contributed by atoms with Gasteiger partial charge < -0.3 is 10.2 Å². The molecule has 0 aliphatic rings. The normalized spacial score (nSPS) is 7.40. The fourth-order valence-electron chi connectivity index (χ4n) is 0. The molecule has 5 N–H and O–H groups in total. The first-order valence-electron chi connectivity index (χ1n) is 2.45. The van der Waals surface area contributed by atoms with Gasteiger partial charge in [0.25, 0.3) is 0 Å². The first-order valence-corrected chi connectivity index (χ1v) is 2.45. The van der Waals surface area contributed by atoms with Crippen LogP contribution in [0.2, 0.25) is 0 Å². The second kappa shape index (κ2) is 7.86. The summed E-state index contributed by atoms with van der Waals surface area (Å²) in [5, 5.41) is 14.8. The third kappa shape index (κ3) is 15.8. The van der Waals surface area contributed by atoms with Crippen LogP contribution in [0.15, 0.2) is 0 Å². The molecule has 0 amide bonds. The number of nitrogens with one attached hydrogen (secondary N) is 1. The van der Waals surface area contributed by atoms with Crippen LogP contribution in [0.5, 0.6) is 0 Å². The van der Waals surface area contributed by atoms with Crippen molar-refractivity contribution in [3.63, 3.8) is 0 Å². The summed E-state index contributed by atoms with van der Waals surface area (Å²) in [6.45, 7) is 2.79. The van der Waals surface area contributed by atoms with Crippen molar-refractivity contribution in [3.8, 4) is 0 Å². The maximum Gasteiger partial charge on any atom is 0.414 e. The first kappa shape index (κ1) is 11.6. The van der Waals surface area contributed by atoms with Gasteiger partial charge in [-0.15, -0.1) is 0 Å². The van der Waals surface area contributed by atoms with E-state index in [2.05, 4.69) is 5.43 Å². The predicted molar refractivity (Wildman–Crippen MR) is 33.1 cm³/mol. The molecular formula is C4H10N2O4. The standard InChI is InChI=1S/C2H8N2.C2H2O4/c1-2-4-3;3-1(4)2(5)6/h4H,2-3H2,1H3;(H,3,4)(H,5,6). The second-order valence-electron chi connectivity index (χ2n) is 1.17. The predicted octanol–water partition coefficient (Wildman–Crippen LogP) is -1.37. The van der Waals surface area contributed by atoms with Gasteiger partial charge in [-0.1, -0.05) is 6.92 Å². The van der Waals surface area contributed by atoms with Crippen LogP contribution in [0.25, 0.3) is 0 Å². The minimum absolute atomic E-state index is 0.847. The van der Waals surface area contributed by atoms with Crippen LogP contribution in [0.4, 0.5) is 0 Å². The van der Waals surface area contributed by atoms with E-state index < -0.39 is 11.9 Å². The van der Waals surface area contributed by atoms with E-state index in [-0.39, 0.29) is 0 Å². The summed E-state index contributed by atoms with van der Waals surface area (Å²) in [6, 6.07) is 0. The quantitative estimate of drug-likeness (QED) is 0.208. The highest BCUT2D eigenvalue weighted by Gasteiger charge is 2.04. The molecule has 60 valence electrons. The van der Waals surface area contributed by atoms with Crippen molar-refractivity contribution in [1.82, 2.24) is 5.43 Å². The van der Waals surface area contributed by atoms with Crippen LogP contribution in [-0.2, 0) is 9.59 Å². The molecule has 0 rings (SSSR count). The number of nitrogens with two attached hydrogens (primary N) is 1. The first-order chi connectivity index (χ1) is 4.56. The summed E-state index contributed by atoms with van der Waals surface area (Å²) in [7, 11) is 0. The van der Waals surface area contributed by atoms with E-state index in [4.69, 9.17) is 25.6 Å². The van der Waals surface area contributed by atoms with Crippen molar-refractivity contribution in [2.75, 3.05) is 6.54 Å². The van der Waals surface area contributed by atoms with Gasteiger partial charge in [0, 0.05) is 6.54 Å². The minimum atomic E-state index is -1.82. The Bertz CT molecular complexity index is 99.8. The number of hydrogen-bond acceptors (Lipinski definition) is 4. The Morgan fingerprint density at radius 2 is 1.60 bits per heavy atom. The van der Waals surface area contributed by atoms with Gasteiger partial charge in [-0.3, -0.25) is 11.3 Å². The maximum atomic E-state index is 9.10. The lowest BCUT2D eigenvalue weighted by molar-refractivity contribution is -0.159. The summed E-state index contributed by atoms with van der Waals surface area (Å²) in [5.41, 5.74) is 2.43. The molecule has 0 heterocycles. The van der Waals surface area contributed by atoms with Crippen LogP contribution in [0.3, 0.4) is 0 Å². The monoisotopic (exact) mass is 150 g/mol. The molecule has 6 heteroatoms. The van der Waals surface area contributed by atoms with Crippen molar-refractivity contribution in [1.29, 1.82) is 0 Å². The molecule has 10 heavy (non-hydrogen) atoms. The van der Waals surface area contributed by atoms with E-state index in [9.17, 15) is 0 Å². The van der Waals surface area contributed by atoms with E-state index in [0.29, 0.717) is 0 Å². The Labute approximate surface area is 57.6 Å². The Kier molecular flexibility index (Phi) is 9.14. The number of rotatable bonds is 1. The number of hydrogen-bond donors (Lipinski definition) is 4. The number of carboxylic acid groups (broad SMARTS) is 2. The Morgan fingerprint density at radius 1 is 1.40 bits per heavy atom. The van der Waals surface area contributed by atoms with Gasteiger partial charge in [-0.2, -0.15) is 0 Å². The molecule has 0 fully saturated rings. The molecular weight excluding hydrogens is 140 g/mol. The zero-order chi connectivity index (χ0) is 8.57. The molecule has 0 atom stereocenters. The summed E-state index contributed by atoms with van der Waals surface area (Å²) in [4.78, 5) is 18.2. The molecule has 0 saturated carbocycles. The number of hydrazine groups is 1. The van der Waals surface area contributed by atoms with Gasteiger partial charge in [0.2, 0.25) is 0 Å². The average Bonchev–Trinajstić information content (AvgIpc) is 1.89. The zero-order valence-corrected chi connectivity index (χ0v) is 5.50. The van der Waals surface area contributed by atoms with Crippen molar-refractivity contribution in [2.24, 2.45) is 5.84 Å². The van der Waals surface area contributed by atoms with Gasteiger partial charge in [-0.05, 0) is 0 Å². The molecule has 0 spiro atoms. The molecule has 0 aliphatic heterocycles. The molecule has 0 radical (unpaired) electrons. The lowest BCUT2D eigenvalue weighted by Crippen LogP contribution is -2.20. The molecule has 0 saturated heterocycles. The van der Waals surface area contributed by atoms with Gasteiger partial charge >= 0.3 is 11.9 Å². The fourth-order valence-corrected chi connectivity index (χ4v) is 0. The highest BCUT2D eigenvalue weighted by atomic mass is 16.4. The molecule has 6 nitrogen and oxygen atoms in total. The van der Waals surface area contributed by atoms with Crippen molar-refractivity contribution >= 4 is 11.9 Å². The van der Waals surface area contributed by atoms with Crippen LogP contribution in [0.1, 0.15) is 6.92 Å².